The van der Waals surface area contributed by atoms with Gasteiger partial charge in [-0.2, -0.15) is 8.42 Å². The van der Waals surface area contributed by atoms with Gasteiger partial charge >= 0.3 is 10.1 Å². The third-order valence-electron chi connectivity index (χ3n) is 6.82. The Morgan fingerprint density at radius 3 is 2.36 bits per heavy atom. The van der Waals surface area contributed by atoms with Crippen LogP contribution < -0.4 is 24.1 Å². The van der Waals surface area contributed by atoms with E-state index >= 15 is 0 Å². The Hall–Kier alpha value is -4.50. The van der Waals surface area contributed by atoms with Gasteiger partial charge in [0.1, 0.15) is 36.1 Å². The van der Waals surface area contributed by atoms with Gasteiger partial charge in [-0.15, -0.1) is 0 Å². The number of nitrogens with zero attached hydrogens (tertiary/aromatic N) is 1. The largest absolute Gasteiger partial charge is 0.497 e. The summed E-state index contributed by atoms with van der Waals surface area (Å²) < 4.78 is 45.9. The van der Waals surface area contributed by atoms with E-state index in [1.54, 1.807) is 6.07 Å². The van der Waals surface area contributed by atoms with Gasteiger partial charge in [-0.05, 0) is 58.1 Å². The van der Waals surface area contributed by atoms with Crippen molar-refractivity contribution in [2.24, 2.45) is 10.7 Å². The summed E-state index contributed by atoms with van der Waals surface area (Å²) in [5.41, 5.74) is 10.7. The Kier molecular flexibility index (Phi) is 5.95. The van der Waals surface area contributed by atoms with Crippen LogP contribution in [0.15, 0.2) is 89.9 Å². The molecule has 2 aliphatic rings. The molecule has 2 aliphatic heterocycles. The fraction of sp³-hybridized carbons (Fsp3) is 0.167. The van der Waals surface area contributed by atoms with Crippen LogP contribution >= 0.6 is 0 Å². The molecule has 0 spiro atoms. The highest BCUT2D eigenvalue weighted by Gasteiger charge is 2.43. The molecular weight excluding hydrogens is 516 g/mol. The van der Waals surface area contributed by atoms with Crippen molar-refractivity contribution in [2.45, 2.75) is 5.54 Å². The first-order valence-electron chi connectivity index (χ1n) is 12.3. The summed E-state index contributed by atoms with van der Waals surface area (Å²) in [6.07, 6.45) is 1.00. The molecule has 198 valence electrons. The van der Waals surface area contributed by atoms with Crippen LogP contribution in [0.2, 0.25) is 0 Å². The maximum absolute atomic E-state index is 11.8. The van der Waals surface area contributed by atoms with Gasteiger partial charge in [0.25, 0.3) is 0 Å². The smallest absolute Gasteiger partial charge is 0.306 e. The number of hydrogen-bond donors (Lipinski definition) is 1. The second kappa shape index (κ2) is 9.36. The van der Waals surface area contributed by atoms with E-state index < -0.39 is 15.7 Å². The Morgan fingerprint density at radius 2 is 1.56 bits per heavy atom. The number of nitrogens with two attached hydrogens (primary N) is 1. The number of aliphatic imine (C=N–C) groups is 1. The first-order valence-corrected chi connectivity index (χ1v) is 14.1. The minimum atomic E-state index is -3.72. The van der Waals surface area contributed by atoms with Crippen LogP contribution in [0.5, 0.6) is 23.0 Å². The van der Waals surface area contributed by atoms with Gasteiger partial charge in [0.15, 0.2) is 11.5 Å². The summed E-state index contributed by atoms with van der Waals surface area (Å²) >= 11 is 0. The molecule has 1 atom stereocenters. The highest BCUT2D eigenvalue weighted by Crippen LogP contribution is 2.48. The molecule has 0 amide bonds. The van der Waals surface area contributed by atoms with E-state index in [0.717, 1.165) is 39.6 Å². The summed E-state index contributed by atoms with van der Waals surface area (Å²) in [4.78, 5) is 5.08. The molecule has 0 bridgehead atoms. The predicted molar refractivity (Wildman–Crippen MR) is 148 cm³/mol. The SMILES string of the molecule is COc1cc(OS(C)(=O)=O)cc(-c2cccc(C3(c4ccc5c(c4)OCCO5)N=C(N)c4ccccc43)c2)c1. The second-order valence-corrected chi connectivity index (χ2v) is 11.0. The van der Waals surface area contributed by atoms with E-state index in [1.807, 2.05) is 72.8 Å². The molecule has 0 fully saturated rings. The number of ether oxygens (including phenoxy) is 3. The minimum absolute atomic E-state index is 0.160. The van der Waals surface area contributed by atoms with Crippen molar-refractivity contribution in [3.63, 3.8) is 0 Å². The summed E-state index contributed by atoms with van der Waals surface area (Å²) in [7, 11) is -2.21. The van der Waals surface area contributed by atoms with Gasteiger partial charge < -0.3 is 24.1 Å². The molecule has 0 radical (unpaired) electrons. The summed E-state index contributed by atoms with van der Waals surface area (Å²) in [5.74, 6) is 2.41. The first-order chi connectivity index (χ1) is 18.8. The van der Waals surface area contributed by atoms with Crippen molar-refractivity contribution in [3.05, 3.63) is 107 Å². The number of methoxy groups -OCH3 is 1. The monoisotopic (exact) mass is 542 g/mol. The Bertz CT molecular complexity index is 1730. The number of amidine groups is 1. The van der Waals surface area contributed by atoms with E-state index in [-0.39, 0.29) is 5.75 Å². The van der Waals surface area contributed by atoms with E-state index in [9.17, 15) is 8.42 Å². The summed E-state index contributed by atoms with van der Waals surface area (Å²) in [6, 6.07) is 26.7. The van der Waals surface area contributed by atoms with Crippen LogP contribution in [0.4, 0.5) is 0 Å². The molecule has 1 unspecified atom stereocenters. The van der Waals surface area contributed by atoms with Gasteiger partial charge in [-0.25, -0.2) is 4.99 Å². The van der Waals surface area contributed by atoms with Gasteiger partial charge in [0, 0.05) is 11.6 Å². The Balaban J connectivity index is 1.55. The van der Waals surface area contributed by atoms with Crippen LogP contribution in [0.3, 0.4) is 0 Å². The lowest BCUT2D eigenvalue weighted by atomic mass is 9.77. The zero-order valence-corrected chi connectivity index (χ0v) is 22.2. The number of hydrogen-bond acceptors (Lipinski definition) is 8. The van der Waals surface area contributed by atoms with E-state index in [0.29, 0.717) is 36.3 Å². The molecule has 0 saturated carbocycles. The fourth-order valence-corrected chi connectivity index (χ4v) is 5.65. The van der Waals surface area contributed by atoms with Crippen LogP contribution in [0.1, 0.15) is 22.3 Å². The molecule has 2 heterocycles. The lowest BCUT2D eigenvalue weighted by molar-refractivity contribution is 0.171. The maximum Gasteiger partial charge on any atom is 0.306 e. The number of fused-ring (bicyclic) bond motifs is 2. The zero-order chi connectivity index (χ0) is 27.2. The van der Waals surface area contributed by atoms with Crippen LogP contribution in [-0.4, -0.2) is 40.8 Å². The Morgan fingerprint density at radius 1 is 0.821 bits per heavy atom. The van der Waals surface area contributed by atoms with E-state index in [1.165, 1.54) is 13.2 Å². The van der Waals surface area contributed by atoms with Crippen molar-refractivity contribution in [1.29, 1.82) is 0 Å². The van der Waals surface area contributed by atoms with Crippen LogP contribution in [0, 0.1) is 0 Å². The maximum atomic E-state index is 11.8. The highest BCUT2D eigenvalue weighted by molar-refractivity contribution is 7.86. The van der Waals surface area contributed by atoms with E-state index in [2.05, 4.69) is 0 Å². The third kappa shape index (κ3) is 4.44. The van der Waals surface area contributed by atoms with Crippen LogP contribution in [-0.2, 0) is 15.7 Å². The second-order valence-electron chi connectivity index (χ2n) is 9.38. The molecule has 0 aromatic heterocycles. The molecule has 0 saturated heterocycles. The van der Waals surface area contributed by atoms with Gasteiger partial charge in [0.05, 0.1) is 13.4 Å². The van der Waals surface area contributed by atoms with Gasteiger partial charge in [0.2, 0.25) is 0 Å². The van der Waals surface area contributed by atoms with Crippen molar-refractivity contribution in [3.8, 4) is 34.1 Å². The predicted octanol–water partition coefficient (Wildman–Crippen LogP) is 4.48. The normalized spacial score (nSPS) is 17.7. The van der Waals surface area contributed by atoms with E-state index in [4.69, 9.17) is 29.1 Å². The fourth-order valence-electron chi connectivity index (χ4n) is 5.20. The van der Waals surface area contributed by atoms with Gasteiger partial charge in [-0.3, -0.25) is 0 Å². The molecule has 8 nitrogen and oxygen atoms in total. The molecule has 4 aromatic carbocycles. The standard InChI is InChI=1S/C30H26N2O6S/c1-35-23-15-20(16-24(18-23)38-39(2,33)34)19-6-5-7-21(14-19)30(26-9-4-3-8-25(26)29(31)32-30)22-10-11-27-28(17-22)37-13-12-36-27/h3-11,14-18H,12-13H2,1-2H3,(H2,31,32). The van der Waals surface area contributed by atoms with Crippen LogP contribution in [0.25, 0.3) is 11.1 Å². The highest BCUT2D eigenvalue weighted by atomic mass is 32.2. The summed E-state index contributed by atoms with van der Waals surface area (Å²) in [5, 5.41) is 0. The average molecular weight is 543 g/mol. The topological polar surface area (TPSA) is 109 Å². The van der Waals surface area contributed by atoms with Gasteiger partial charge in [-0.1, -0.05) is 48.5 Å². The Labute approximate surface area is 226 Å². The quantitative estimate of drug-likeness (QED) is 0.358. The summed E-state index contributed by atoms with van der Waals surface area (Å²) in [6.45, 7) is 0.966. The third-order valence-corrected chi connectivity index (χ3v) is 7.31. The molecule has 6 rings (SSSR count). The lowest BCUT2D eigenvalue weighted by Gasteiger charge is -2.31. The number of rotatable bonds is 6. The van der Waals surface area contributed by atoms with Crippen molar-refractivity contribution in [2.75, 3.05) is 26.6 Å². The lowest BCUT2D eigenvalue weighted by Crippen LogP contribution is -2.26. The number of benzene rings is 4. The molecule has 2 N–H and O–H groups in total. The van der Waals surface area contributed by atoms with Crippen molar-refractivity contribution >= 4 is 16.0 Å². The van der Waals surface area contributed by atoms with Crippen molar-refractivity contribution in [1.82, 2.24) is 0 Å². The molecular formula is C30H26N2O6S. The van der Waals surface area contributed by atoms with Crippen molar-refractivity contribution < 1.29 is 26.8 Å². The first kappa shape index (κ1) is 24.8. The minimum Gasteiger partial charge on any atom is -0.497 e. The molecule has 9 heteroatoms. The molecule has 0 aliphatic carbocycles. The zero-order valence-electron chi connectivity index (χ0n) is 21.4. The molecule has 4 aromatic rings. The molecule has 39 heavy (non-hydrogen) atoms. The average Bonchev–Trinajstić information content (AvgIpc) is 3.25.